The van der Waals surface area contributed by atoms with Crippen LogP contribution in [-0.2, 0) is 19.1 Å². The van der Waals surface area contributed by atoms with E-state index in [-0.39, 0.29) is 35.1 Å². The van der Waals surface area contributed by atoms with Gasteiger partial charge >= 0.3 is 5.97 Å². The Morgan fingerprint density at radius 1 is 1.00 bits per heavy atom. The first-order valence-electron chi connectivity index (χ1n) is 12.7. The quantitative estimate of drug-likeness (QED) is 0.262. The first-order valence-corrected chi connectivity index (χ1v) is 13.9. The Labute approximate surface area is 239 Å². The predicted octanol–water partition coefficient (Wildman–Crippen LogP) is 6.28. The average Bonchev–Trinajstić information content (AvgIpc) is 3.19. The van der Waals surface area contributed by atoms with Gasteiger partial charge in [-0.05, 0) is 95.6 Å². The highest BCUT2D eigenvalue weighted by Crippen LogP contribution is 2.45. The second-order valence-corrected chi connectivity index (χ2v) is 11.2. The van der Waals surface area contributed by atoms with Gasteiger partial charge in [-0.2, -0.15) is 0 Å². The fraction of sp³-hybridized carbons (Fsp3) is 0.267. The summed E-state index contributed by atoms with van der Waals surface area (Å²) in [6, 6.07) is 19.6. The van der Waals surface area contributed by atoms with Crippen molar-refractivity contribution in [3.8, 4) is 0 Å². The molecule has 200 valence electrons. The number of imide groups is 1. The van der Waals surface area contributed by atoms with Crippen LogP contribution in [0.3, 0.4) is 0 Å². The summed E-state index contributed by atoms with van der Waals surface area (Å²) in [5.41, 5.74) is 3.14. The van der Waals surface area contributed by atoms with Crippen LogP contribution in [0.25, 0.3) is 0 Å². The summed E-state index contributed by atoms with van der Waals surface area (Å²) in [6.07, 6.45) is 2.18. The van der Waals surface area contributed by atoms with E-state index < -0.39 is 18.5 Å². The van der Waals surface area contributed by atoms with Gasteiger partial charge in [-0.3, -0.25) is 19.3 Å². The average molecular weight is 610 g/mol. The topological polar surface area (TPSA) is 92.8 Å². The number of rotatable bonds is 6. The molecule has 1 aliphatic carbocycles. The molecule has 5 rings (SSSR count). The molecule has 0 bridgehead atoms. The Morgan fingerprint density at radius 3 is 2.41 bits per heavy atom. The van der Waals surface area contributed by atoms with Gasteiger partial charge in [0.1, 0.15) is 0 Å². The molecule has 1 saturated heterocycles. The third kappa shape index (κ3) is 5.63. The minimum absolute atomic E-state index is 0.188. The number of amides is 3. The summed E-state index contributed by atoms with van der Waals surface area (Å²) in [5, 5.41) is 3.12. The van der Waals surface area contributed by atoms with E-state index >= 15 is 0 Å². The summed E-state index contributed by atoms with van der Waals surface area (Å²) >= 11 is 9.42. The van der Waals surface area contributed by atoms with Crippen molar-refractivity contribution in [3.63, 3.8) is 0 Å². The van der Waals surface area contributed by atoms with Crippen LogP contribution >= 0.6 is 27.5 Å². The van der Waals surface area contributed by atoms with Crippen LogP contribution < -0.4 is 10.2 Å². The van der Waals surface area contributed by atoms with Gasteiger partial charge in [0.25, 0.3) is 5.91 Å². The number of fused-ring (bicyclic) bond motifs is 1. The first-order chi connectivity index (χ1) is 18.7. The fourth-order valence-electron chi connectivity index (χ4n) is 5.39. The van der Waals surface area contributed by atoms with Gasteiger partial charge in [-0.15, -0.1) is 0 Å². The lowest BCUT2D eigenvalue weighted by molar-refractivity contribution is -0.122. The Kier molecular flexibility index (Phi) is 7.86. The number of benzene rings is 3. The number of aryl methyl sites for hydroxylation is 1. The van der Waals surface area contributed by atoms with Gasteiger partial charge in [0.2, 0.25) is 11.8 Å². The number of esters is 1. The molecular weight excluding hydrogens is 584 g/mol. The van der Waals surface area contributed by atoms with Crippen LogP contribution in [-0.4, -0.2) is 30.3 Å². The minimum Gasteiger partial charge on any atom is -0.452 e. The molecule has 3 atom stereocenters. The number of ether oxygens (including phenoxy) is 1. The lowest BCUT2D eigenvalue weighted by Crippen LogP contribution is -2.30. The first kappa shape index (κ1) is 27.1. The summed E-state index contributed by atoms with van der Waals surface area (Å²) in [5.74, 6) is -1.99. The van der Waals surface area contributed by atoms with Gasteiger partial charge in [-0.25, -0.2) is 4.79 Å². The Morgan fingerprint density at radius 2 is 1.69 bits per heavy atom. The van der Waals surface area contributed by atoms with Crippen molar-refractivity contribution in [1.82, 2.24) is 0 Å². The Balaban J connectivity index is 1.20. The standard InChI is InChI=1S/C30H26BrClN2O5/c1-17-13-24(31)25(32)15-26(17)33-27(35)16-39-30(38)19-7-10-21(11-8-19)34-28(36)22-12-9-20(14-23(22)29(34)37)18-5-3-2-4-6-18/h2-8,10-11,13,15,20,22-23H,9,12,14,16H2,1H3,(H,33,35)/t20-,22-,23+/m1/s1. The highest BCUT2D eigenvalue weighted by molar-refractivity contribution is 9.10. The van der Waals surface area contributed by atoms with Crippen molar-refractivity contribution in [2.45, 2.75) is 32.1 Å². The van der Waals surface area contributed by atoms with E-state index in [1.54, 1.807) is 24.3 Å². The molecule has 1 saturated carbocycles. The molecule has 0 aromatic heterocycles. The van der Waals surface area contributed by atoms with Crippen LogP contribution in [0.2, 0.25) is 5.02 Å². The van der Waals surface area contributed by atoms with Crippen molar-refractivity contribution >= 4 is 62.6 Å². The number of carbonyl (C=O) groups excluding carboxylic acids is 4. The van der Waals surface area contributed by atoms with E-state index in [4.69, 9.17) is 16.3 Å². The number of nitrogens with zero attached hydrogens (tertiary/aromatic N) is 1. The van der Waals surface area contributed by atoms with Crippen molar-refractivity contribution in [1.29, 1.82) is 0 Å². The number of halogens is 2. The maximum atomic E-state index is 13.3. The molecule has 1 N–H and O–H groups in total. The molecule has 3 aromatic rings. The monoisotopic (exact) mass is 608 g/mol. The summed E-state index contributed by atoms with van der Waals surface area (Å²) in [7, 11) is 0. The SMILES string of the molecule is Cc1cc(Br)c(Cl)cc1NC(=O)COC(=O)c1ccc(N2C(=O)[C@H]3C[C@H](c4ccccc4)CC[C@H]3C2=O)cc1. The number of carbonyl (C=O) groups is 4. The van der Waals surface area contributed by atoms with E-state index in [1.165, 1.54) is 22.6 Å². The normalized spacial score (nSPS) is 20.5. The van der Waals surface area contributed by atoms with Crippen LogP contribution in [0.1, 0.15) is 46.7 Å². The Bertz CT molecular complexity index is 1440. The lowest BCUT2D eigenvalue weighted by atomic mass is 9.73. The van der Waals surface area contributed by atoms with Crippen molar-refractivity contribution < 1.29 is 23.9 Å². The zero-order chi connectivity index (χ0) is 27.7. The maximum absolute atomic E-state index is 13.3. The molecular formula is C30H26BrClN2O5. The molecule has 2 aliphatic rings. The molecule has 3 aromatic carbocycles. The van der Waals surface area contributed by atoms with Crippen molar-refractivity contribution in [2.75, 3.05) is 16.8 Å². The van der Waals surface area contributed by atoms with Gasteiger partial charge in [0.15, 0.2) is 6.61 Å². The lowest BCUT2D eigenvalue weighted by Gasteiger charge is -2.28. The van der Waals surface area contributed by atoms with Gasteiger partial charge in [0, 0.05) is 10.2 Å². The van der Waals surface area contributed by atoms with Gasteiger partial charge < -0.3 is 10.1 Å². The van der Waals surface area contributed by atoms with E-state index in [2.05, 4.69) is 33.4 Å². The fourth-order valence-corrected chi connectivity index (χ4v) is 6.01. The minimum atomic E-state index is -0.694. The third-order valence-electron chi connectivity index (χ3n) is 7.43. The van der Waals surface area contributed by atoms with E-state index in [9.17, 15) is 19.2 Å². The van der Waals surface area contributed by atoms with Gasteiger partial charge in [-0.1, -0.05) is 41.9 Å². The maximum Gasteiger partial charge on any atom is 0.338 e. The molecule has 7 nitrogen and oxygen atoms in total. The molecule has 39 heavy (non-hydrogen) atoms. The largest absolute Gasteiger partial charge is 0.452 e. The smallest absolute Gasteiger partial charge is 0.338 e. The summed E-state index contributed by atoms with van der Waals surface area (Å²) in [4.78, 5) is 52.5. The predicted molar refractivity (Wildman–Crippen MR) is 152 cm³/mol. The molecule has 2 fully saturated rings. The summed E-state index contributed by atoms with van der Waals surface area (Å²) < 4.78 is 5.86. The molecule has 3 amide bonds. The number of hydrogen-bond acceptors (Lipinski definition) is 5. The Hall–Kier alpha value is -3.49. The summed E-state index contributed by atoms with van der Waals surface area (Å²) in [6.45, 7) is 1.33. The number of nitrogens with one attached hydrogen (secondary N) is 1. The van der Waals surface area contributed by atoms with Crippen molar-refractivity contribution in [2.24, 2.45) is 11.8 Å². The van der Waals surface area contributed by atoms with E-state index in [0.717, 1.165) is 12.0 Å². The van der Waals surface area contributed by atoms with E-state index in [1.807, 2.05) is 25.1 Å². The molecule has 0 radical (unpaired) electrons. The zero-order valence-electron chi connectivity index (χ0n) is 21.2. The molecule has 0 unspecified atom stereocenters. The van der Waals surface area contributed by atoms with Crippen LogP contribution in [0, 0.1) is 18.8 Å². The number of anilines is 2. The highest BCUT2D eigenvalue weighted by atomic mass is 79.9. The molecule has 0 spiro atoms. The second kappa shape index (κ2) is 11.3. The van der Waals surface area contributed by atoms with E-state index in [0.29, 0.717) is 33.7 Å². The highest BCUT2D eigenvalue weighted by Gasteiger charge is 2.50. The molecule has 9 heteroatoms. The third-order valence-corrected chi connectivity index (χ3v) is 8.63. The van der Waals surface area contributed by atoms with Gasteiger partial charge in [0.05, 0.1) is 28.1 Å². The second-order valence-electron chi connectivity index (χ2n) is 9.90. The van der Waals surface area contributed by atoms with Crippen LogP contribution in [0.5, 0.6) is 0 Å². The number of hydrogen-bond donors (Lipinski definition) is 1. The zero-order valence-corrected chi connectivity index (χ0v) is 23.5. The van der Waals surface area contributed by atoms with Crippen LogP contribution in [0.15, 0.2) is 71.2 Å². The van der Waals surface area contributed by atoms with Crippen molar-refractivity contribution in [3.05, 3.63) is 92.9 Å². The van der Waals surface area contributed by atoms with Crippen LogP contribution in [0.4, 0.5) is 11.4 Å². The molecule has 1 heterocycles. The molecule has 1 aliphatic heterocycles.